The lowest BCUT2D eigenvalue weighted by Crippen LogP contribution is -2.54. The van der Waals surface area contributed by atoms with Crippen molar-refractivity contribution >= 4 is 76.3 Å². The minimum Gasteiger partial charge on any atom is -0.317 e. The van der Waals surface area contributed by atoms with E-state index in [4.69, 9.17) is 5.73 Å². The fourth-order valence-corrected chi connectivity index (χ4v) is 10.1. The summed E-state index contributed by atoms with van der Waals surface area (Å²) in [6.07, 6.45) is 10.6. The van der Waals surface area contributed by atoms with Crippen LogP contribution in [0.15, 0.2) is 42.5 Å². The lowest BCUT2D eigenvalue weighted by molar-refractivity contribution is 0.281. The van der Waals surface area contributed by atoms with Crippen molar-refractivity contribution in [2.75, 3.05) is 0 Å². The third-order valence-electron chi connectivity index (χ3n) is 11.2. The summed E-state index contributed by atoms with van der Waals surface area (Å²) in [4.78, 5) is 0. The van der Waals surface area contributed by atoms with Gasteiger partial charge in [-0.3, -0.25) is 0 Å². The number of hydrogen-bond donors (Lipinski definition) is 1. The molecule has 0 spiro atoms. The van der Waals surface area contributed by atoms with Crippen LogP contribution in [0, 0.1) is 5.41 Å². The van der Waals surface area contributed by atoms with Crippen LogP contribution >= 0.6 is 0 Å². The van der Waals surface area contributed by atoms with Crippen LogP contribution in [0.4, 0.5) is 0 Å². The molecule has 35 heavy (non-hydrogen) atoms. The molecule has 0 bridgehead atoms. The summed E-state index contributed by atoms with van der Waals surface area (Å²) in [7, 11) is 0. The molecule has 2 unspecified atom stereocenters. The number of nitrogens with two attached hydrogens (primary N) is 1. The first-order valence-corrected chi connectivity index (χ1v) is 13.1. The van der Waals surface area contributed by atoms with Crippen molar-refractivity contribution in [1.82, 2.24) is 0 Å². The van der Waals surface area contributed by atoms with Gasteiger partial charge in [-0.2, -0.15) is 0 Å². The van der Waals surface area contributed by atoms with E-state index in [0.717, 1.165) is 19.3 Å². The van der Waals surface area contributed by atoms with Gasteiger partial charge in [0.05, 0.1) is 5.54 Å². The van der Waals surface area contributed by atoms with Crippen LogP contribution in [0.3, 0.4) is 0 Å². The van der Waals surface area contributed by atoms with Gasteiger partial charge >= 0.3 is 0 Å². The highest BCUT2D eigenvalue weighted by atomic mass is 14.8. The average Bonchev–Trinajstić information content (AvgIpc) is 3.57. The zero-order valence-corrected chi connectivity index (χ0v) is 19.3. The van der Waals surface area contributed by atoms with Crippen LogP contribution in [-0.2, 0) is 18.4 Å². The standard InChI is InChI=1S/C34H19N/c1-2-33-6-5-15-9-18-10-16-7-13-3-4-14-8-17-11-19(12-33)25-24(17)27-21(14)20(13)26-22(16)23(18)29-30(28(26)27)32(25)34(33,35)31(15)29/h3-9,12H,2,10-11,35H2,1H3. The van der Waals surface area contributed by atoms with Crippen molar-refractivity contribution in [2.45, 2.75) is 31.7 Å². The molecule has 0 aromatic heterocycles. The van der Waals surface area contributed by atoms with Crippen molar-refractivity contribution in [2.24, 2.45) is 11.1 Å². The Balaban J connectivity index is 1.60. The summed E-state index contributed by atoms with van der Waals surface area (Å²) in [6.45, 7) is 2.34. The summed E-state index contributed by atoms with van der Waals surface area (Å²) in [5.74, 6) is 0. The van der Waals surface area contributed by atoms with Gasteiger partial charge in [-0.25, -0.2) is 0 Å². The maximum atomic E-state index is 7.90. The van der Waals surface area contributed by atoms with Crippen molar-refractivity contribution in [3.63, 3.8) is 0 Å². The molecule has 2 atom stereocenters. The molecule has 1 nitrogen and oxygen atoms in total. The first kappa shape index (κ1) is 16.1. The Labute approximate surface area is 200 Å². The third kappa shape index (κ3) is 1.17. The van der Waals surface area contributed by atoms with E-state index >= 15 is 0 Å². The fourth-order valence-electron chi connectivity index (χ4n) is 10.1. The summed E-state index contributed by atoms with van der Waals surface area (Å²) in [5.41, 5.74) is 19.1. The summed E-state index contributed by atoms with van der Waals surface area (Å²) in [6, 6.07) is 12.3. The molecule has 1 heteroatoms. The summed E-state index contributed by atoms with van der Waals surface area (Å²) < 4.78 is 0. The molecule has 0 fully saturated rings. The van der Waals surface area contributed by atoms with Crippen molar-refractivity contribution in [3.05, 3.63) is 81.4 Å². The Morgan fingerprint density at radius 3 is 2.17 bits per heavy atom. The molecular formula is C34H19N. The third-order valence-corrected chi connectivity index (χ3v) is 11.2. The quantitative estimate of drug-likeness (QED) is 0.259. The van der Waals surface area contributed by atoms with Crippen molar-refractivity contribution in [1.29, 1.82) is 0 Å². The highest BCUT2D eigenvalue weighted by Gasteiger charge is 2.59. The van der Waals surface area contributed by atoms with Crippen LogP contribution in [0.25, 0.3) is 76.3 Å². The van der Waals surface area contributed by atoms with Gasteiger partial charge in [0.15, 0.2) is 0 Å². The Morgan fingerprint density at radius 1 is 0.714 bits per heavy atom. The Kier molecular flexibility index (Phi) is 1.90. The van der Waals surface area contributed by atoms with Gasteiger partial charge in [0.1, 0.15) is 0 Å². The van der Waals surface area contributed by atoms with Crippen LogP contribution in [-0.4, -0.2) is 0 Å². The largest absolute Gasteiger partial charge is 0.317 e. The van der Waals surface area contributed by atoms with Crippen LogP contribution in [0.2, 0.25) is 0 Å². The Bertz CT molecular complexity index is 2360. The van der Waals surface area contributed by atoms with Crippen LogP contribution in [0.5, 0.6) is 0 Å². The number of benzene rings is 6. The second-order valence-electron chi connectivity index (χ2n) is 12.1. The first-order valence-electron chi connectivity index (χ1n) is 13.1. The Morgan fingerprint density at radius 2 is 1.37 bits per heavy atom. The van der Waals surface area contributed by atoms with E-state index in [2.05, 4.69) is 55.5 Å². The number of hydrogen-bond acceptors (Lipinski definition) is 1. The molecule has 0 amide bonds. The maximum absolute atomic E-state index is 7.90. The van der Waals surface area contributed by atoms with Crippen molar-refractivity contribution in [3.8, 4) is 0 Å². The second-order valence-corrected chi connectivity index (χ2v) is 12.1. The lowest BCUT2D eigenvalue weighted by atomic mass is 9.56. The van der Waals surface area contributed by atoms with E-state index in [9.17, 15) is 0 Å². The molecule has 5 aliphatic carbocycles. The Hall–Kier alpha value is -3.68. The predicted molar refractivity (Wildman–Crippen MR) is 146 cm³/mol. The molecular weight excluding hydrogens is 422 g/mol. The van der Waals surface area contributed by atoms with E-state index in [-0.39, 0.29) is 5.41 Å². The highest BCUT2D eigenvalue weighted by molar-refractivity contribution is 6.51. The minimum atomic E-state index is -0.482. The topological polar surface area (TPSA) is 26.0 Å². The van der Waals surface area contributed by atoms with Crippen LogP contribution in [0.1, 0.15) is 52.3 Å². The van der Waals surface area contributed by atoms with E-state index in [0.29, 0.717) is 0 Å². The van der Waals surface area contributed by atoms with Gasteiger partial charge in [-0.05, 0) is 128 Å². The summed E-state index contributed by atoms with van der Waals surface area (Å²) in [5, 5.41) is 18.1. The SMILES string of the molecule is CCC12C=Cc3cc4c5c6c3C1(N)c1c3c7c(cc8ccc9cc(c5c5c9c8c7c5c16)C4)CC3=C2. The van der Waals surface area contributed by atoms with Crippen molar-refractivity contribution < 1.29 is 0 Å². The van der Waals surface area contributed by atoms with Gasteiger partial charge in [0.25, 0.3) is 0 Å². The molecule has 12 rings (SSSR count). The zero-order valence-electron chi connectivity index (χ0n) is 19.3. The van der Waals surface area contributed by atoms with E-state index in [1.54, 1.807) is 10.8 Å². The lowest BCUT2D eigenvalue weighted by Gasteiger charge is -2.50. The molecule has 0 heterocycles. The smallest absolute Gasteiger partial charge is 0.0817 e. The molecule has 0 saturated heterocycles. The summed E-state index contributed by atoms with van der Waals surface area (Å²) >= 11 is 0. The van der Waals surface area contributed by atoms with Gasteiger partial charge < -0.3 is 5.73 Å². The molecule has 0 radical (unpaired) electrons. The normalized spacial score (nSPS) is 26.2. The predicted octanol–water partition coefficient (Wildman–Crippen LogP) is 7.72. The first-order chi connectivity index (χ1) is 17.1. The van der Waals surface area contributed by atoms with E-state index in [1.165, 1.54) is 98.4 Å². The maximum Gasteiger partial charge on any atom is 0.0817 e. The molecule has 5 aliphatic rings. The van der Waals surface area contributed by atoms with E-state index < -0.39 is 5.54 Å². The minimum absolute atomic E-state index is 0.161. The van der Waals surface area contributed by atoms with Crippen LogP contribution < -0.4 is 5.73 Å². The molecule has 0 aliphatic heterocycles. The molecule has 7 aromatic carbocycles. The highest BCUT2D eigenvalue weighted by Crippen LogP contribution is 2.70. The number of rotatable bonds is 1. The van der Waals surface area contributed by atoms with Gasteiger partial charge in [0, 0.05) is 5.41 Å². The average molecular weight is 442 g/mol. The monoisotopic (exact) mass is 441 g/mol. The molecule has 7 aromatic rings. The fraction of sp³-hybridized carbons (Fsp3) is 0.176. The zero-order chi connectivity index (χ0) is 22.3. The molecule has 0 saturated carbocycles. The number of allylic oxidation sites excluding steroid dienone is 1. The molecule has 2 N–H and O–H groups in total. The second kappa shape index (κ2) is 4.14. The van der Waals surface area contributed by atoms with Gasteiger partial charge in [0.2, 0.25) is 0 Å². The van der Waals surface area contributed by atoms with Gasteiger partial charge in [-0.15, -0.1) is 0 Å². The molecule has 160 valence electrons. The van der Waals surface area contributed by atoms with Gasteiger partial charge in [-0.1, -0.05) is 55.5 Å². The van der Waals surface area contributed by atoms with E-state index in [1.807, 2.05) is 0 Å².